The highest BCUT2D eigenvalue weighted by molar-refractivity contribution is 6.11. The zero-order valence-electron chi connectivity index (χ0n) is 10.2. The Bertz CT molecular complexity index is 283. The van der Waals surface area contributed by atoms with Crippen LogP contribution in [0, 0.1) is 0 Å². The number of carbonyl (C=O) groups is 2. The van der Waals surface area contributed by atoms with E-state index in [1.165, 1.54) is 0 Å². The normalized spacial score (nSPS) is 11.8. The van der Waals surface area contributed by atoms with E-state index < -0.39 is 30.1 Å². The van der Waals surface area contributed by atoms with Gasteiger partial charge in [0.05, 0.1) is 0 Å². The minimum atomic E-state index is -2.40. The second kappa shape index (κ2) is 5.85. The van der Waals surface area contributed by atoms with Gasteiger partial charge < -0.3 is 19.7 Å². The van der Waals surface area contributed by atoms with Gasteiger partial charge in [0.2, 0.25) is 13.7 Å². The van der Waals surface area contributed by atoms with E-state index in [9.17, 15) is 9.59 Å². The van der Waals surface area contributed by atoms with Crippen LogP contribution >= 0.6 is 0 Å². The molecule has 2 amide bonds. The molecule has 0 heterocycles. The molecule has 0 aliphatic carbocycles. The van der Waals surface area contributed by atoms with Crippen LogP contribution in [-0.2, 0) is 14.3 Å². The third kappa shape index (κ3) is 11.0. The SMILES string of the molecule is BC(O)(O)OCC(=O)NNC(=O)OC(C)(C)C. The van der Waals surface area contributed by atoms with Crippen molar-refractivity contribution in [2.24, 2.45) is 0 Å². The predicted molar refractivity (Wildman–Crippen MR) is 59.2 cm³/mol. The third-order valence-corrected chi connectivity index (χ3v) is 1.18. The molecule has 0 atom stereocenters. The van der Waals surface area contributed by atoms with E-state index in [0.29, 0.717) is 0 Å². The predicted octanol–water partition coefficient (Wildman–Crippen LogP) is -2.21. The number of hydrazine groups is 1. The van der Waals surface area contributed by atoms with Gasteiger partial charge in [-0.15, -0.1) is 0 Å². The van der Waals surface area contributed by atoms with Gasteiger partial charge in [-0.1, -0.05) is 0 Å². The van der Waals surface area contributed by atoms with Crippen molar-refractivity contribution in [1.29, 1.82) is 0 Å². The number of nitrogens with one attached hydrogen (secondary N) is 2. The van der Waals surface area contributed by atoms with Crippen molar-refractivity contribution in [3.63, 3.8) is 0 Å². The molecule has 0 bridgehead atoms. The monoisotopic (exact) mass is 248 g/mol. The maximum Gasteiger partial charge on any atom is 0.426 e. The fraction of sp³-hybridized carbons (Fsp3) is 0.750. The maximum absolute atomic E-state index is 11.1. The highest BCUT2D eigenvalue weighted by atomic mass is 16.8. The maximum atomic E-state index is 11.1. The summed E-state index contributed by atoms with van der Waals surface area (Å²) in [5, 5.41) is 17.5. The van der Waals surface area contributed by atoms with Crippen molar-refractivity contribution >= 4 is 19.8 Å². The molecule has 8 nitrogen and oxygen atoms in total. The molecule has 4 N–H and O–H groups in total. The van der Waals surface area contributed by atoms with Crippen LogP contribution in [0.3, 0.4) is 0 Å². The number of aliphatic hydroxyl groups is 2. The van der Waals surface area contributed by atoms with Crippen LogP contribution in [0.5, 0.6) is 0 Å². The summed E-state index contributed by atoms with van der Waals surface area (Å²) < 4.78 is 9.16. The van der Waals surface area contributed by atoms with Crippen molar-refractivity contribution in [2.75, 3.05) is 6.61 Å². The Morgan fingerprint density at radius 2 is 1.76 bits per heavy atom. The molecule has 0 aromatic heterocycles. The molecule has 9 heteroatoms. The summed E-state index contributed by atoms with van der Waals surface area (Å²) in [5.74, 6) is -3.16. The summed E-state index contributed by atoms with van der Waals surface area (Å²) in [6, 6.07) is 0. The Kier molecular flexibility index (Phi) is 5.40. The lowest BCUT2D eigenvalue weighted by molar-refractivity contribution is -0.272. The van der Waals surface area contributed by atoms with E-state index in [-0.39, 0.29) is 0 Å². The van der Waals surface area contributed by atoms with Crippen LogP contribution < -0.4 is 10.9 Å². The average molecular weight is 248 g/mol. The average Bonchev–Trinajstić information content (AvgIpc) is 2.07. The van der Waals surface area contributed by atoms with Gasteiger partial charge in [0.15, 0.2) is 0 Å². The van der Waals surface area contributed by atoms with E-state index in [1.54, 1.807) is 20.8 Å². The van der Waals surface area contributed by atoms with E-state index in [0.717, 1.165) is 7.85 Å². The molecule has 0 fully saturated rings. The highest BCUT2D eigenvalue weighted by Crippen LogP contribution is 2.05. The van der Waals surface area contributed by atoms with Gasteiger partial charge in [0.25, 0.3) is 5.91 Å². The Balaban J connectivity index is 3.82. The smallest absolute Gasteiger partial charge is 0.426 e. The quantitative estimate of drug-likeness (QED) is 0.255. The summed E-state index contributed by atoms with van der Waals surface area (Å²) in [4.78, 5) is 22.1. The van der Waals surface area contributed by atoms with Gasteiger partial charge in [0.1, 0.15) is 12.2 Å². The van der Waals surface area contributed by atoms with Crippen LogP contribution in [0.4, 0.5) is 4.79 Å². The van der Waals surface area contributed by atoms with Gasteiger partial charge in [-0.3, -0.25) is 10.2 Å². The fourth-order valence-corrected chi connectivity index (χ4v) is 0.663. The number of ether oxygens (including phenoxy) is 2. The summed E-state index contributed by atoms with van der Waals surface area (Å²) in [6.07, 6.45) is -0.832. The summed E-state index contributed by atoms with van der Waals surface area (Å²) in [7, 11) is 0.946. The number of hydrogen-bond acceptors (Lipinski definition) is 6. The van der Waals surface area contributed by atoms with Crippen LogP contribution in [0.15, 0.2) is 0 Å². The first-order chi connectivity index (χ1) is 7.49. The fourth-order valence-electron chi connectivity index (χ4n) is 0.663. The van der Waals surface area contributed by atoms with E-state index in [4.69, 9.17) is 14.9 Å². The van der Waals surface area contributed by atoms with E-state index in [1.807, 2.05) is 10.9 Å². The topological polar surface area (TPSA) is 117 Å². The lowest BCUT2D eigenvalue weighted by Crippen LogP contribution is -2.47. The summed E-state index contributed by atoms with van der Waals surface area (Å²) in [6.45, 7) is 4.38. The number of amides is 2. The zero-order chi connectivity index (χ0) is 13.7. The molecule has 0 aromatic carbocycles. The largest absolute Gasteiger partial charge is 0.443 e. The Morgan fingerprint density at radius 3 is 2.18 bits per heavy atom. The lowest BCUT2D eigenvalue weighted by atomic mass is 10.1. The van der Waals surface area contributed by atoms with Gasteiger partial charge >= 0.3 is 6.09 Å². The number of carbonyl (C=O) groups excluding carboxylic acids is 2. The van der Waals surface area contributed by atoms with Crippen LogP contribution in [0.2, 0.25) is 0 Å². The van der Waals surface area contributed by atoms with Crippen LogP contribution in [-0.4, -0.2) is 48.1 Å². The van der Waals surface area contributed by atoms with Crippen LogP contribution in [0.1, 0.15) is 20.8 Å². The van der Waals surface area contributed by atoms with Gasteiger partial charge in [-0.05, 0) is 20.8 Å². The molecule has 0 radical (unpaired) electrons. The molecule has 0 rings (SSSR count). The molecule has 0 saturated heterocycles. The molecule has 0 spiro atoms. The lowest BCUT2D eigenvalue weighted by Gasteiger charge is -2.20. The molecule has 17 heavy (non-hydrogen) atoms. The molecular weight excluding hydrogens is 231 g/mol. The molecule has 0 aromatic rings. The second-order valence-electron chi connectivity index (χ2n) is 4.40. The summed E-state index contributed by atoms with van der Waals surface area (Å²) >= 11 is 0. The molecule has 0 unspecified atom stereocenters. The molecule has 98 valence electrons. The summed E-state index contributed by atoms with van der Waals surface area (Å²) in [5.41, 5.74) is 3.26. The number of rotatable bonds is 3. The van der Waals surface area contributed by atoms with Crippen molar-refractivity contribution in [1.82, 2.24) is 10.9 Å². The number of hydrogen-bond donors (Lipinski definition) is 4. The van der Waals surface area contributed by atoms with Crippen molar-refractivity contribution in [3.05, 3.63) is 0 Å². The Hall–Kier alpha value is -1.32. The van der Waals surface area contributed by atoms with E-state index >= 15 is 0 Å². The third-order valence-electron chi connectivity index (χ3n) is 1.18. The van der Waals surface area contributed by atoms with Gasteiger partial charge in [-0.2, -0.15) is 0 Å². The van der Waals surface area contributed by atoms with Gasteiger partial charge in [-0.25, -0.2) is 10.2 Å². The molecular formula is C8H17BN2O6. The van der Waals surface area contributed by atoms with Crippen molar-refractivity contribution in [2.45, 2.75) is 32.2 Å². The second-order valence-corrected chi connectivity index (χ2v) is 4.40. The zero-order valence-corrected chi connectivity index (χ0v) is 10.2. The molecule has 0 aliphatic heterocycles. The first kappa shape index (κ1) is 15.7. The standard InChI is InChI=1S/C8H17BN2O6/c1-7(2,3)17-6(13)11-10-5(12)4-16-8(9,14)15/h14-15H,4,9H2,1-3H3,(H,10,12)(H,11,13). The van der Waals surface area contributed by atoms with E-state index in [2.05, 4.69) is 4.74 Å². The Labute approximate surface area is 99.7 Å². The van der Waals surface area contributed by atoms with Crippen molar-refractivity contribution < 1.29 is 29.3 Å². The first-order valence-corrected chi connectivity index (χ1v) is 4.86. The molecule has 0 aliphatic rings. The van der Waals surface area contributed by atoms with Crippen molar-refractivity contribution in [3.8, 4) is 0 Å². The highest BCUT2D eigenvalue weighted by Gasteiger charge is 2.19. The minimum Gasteiger partial charge on any atom is -0.443 e. The van der Waals surface area contributed by atoms with Gasteiger partial charge in [0, 0.05) is 0 Å². The Morgan fingerprint density at radius 1 is 1.24 bits per heavy atom. The molecule has 0 saturated carbocycles. The minimum absolute atomic E-state index is 0.626. The first-order valence-electron chi connectivity index (χ1n) is 4.86. The van der Waals surface area contributed by atoms with Crippen LogP contribution in [0.25, 0.3) is 0 Å².